The Hall–Kier alpha value is -1.50. The third-order valence-corrected chi connectivity index (χ3v) is 7.06. The van der Waals surface area contributed by atoms with Crippen LogP contribution in [0.2, 0.25) is 10.0 Å². The van der Waals surface area contributed by atoms with Gasteiger partial charge in [-0.05, 0) is 18.6 Å². The fraction of sp³-hybridized carbons (Fsp3) is 0.450. The van der Waals surface area contributed by atoms with Gasteiger partial charge in [0.05, 0.1) is 16.7 Å². The van der Waals surface area contributed by atoms with Crippen molar-refractivity contribution < 1.29 is 32.9 Å². The summed E-state index contributed by atoms with van der Waals surface area (Å²) < 4.78 is 38.7. The first-order valence-electron chi connectivity index (χ1n) is 9.70. The number of hydrogen-bond acceptors (Lipinski definition) is 7. The lowest BCUT2D eigenvalue weighted by Crippen LogP contribution is -2.65. The topological polar surface area (TPSA) is 134 Å². The molecule has 1 aliphatic rings. The van der Waals surface area contributed by atoms with Crippen LogP contribution in [0, 0.1) is 0 Å². The number of allylic oxidation sites excluding steroid dienone is 1. The van der Waals surface area contributed by atoms with Gasteiger partial charge >= 0.3 is 0 Å². The zero-order chi connectivity index (χ0) is 23.9. The third-order valence-electron chi connectivity index (χ3n) is 4.66. The molecule has 32 heavy (non-hydrogen) atoms. The second-order valence-corrected chi connectivity index (χ2v) is 9.49. The summed E-state index contributed by atoms with van der Waals surface area (Å²) >= 11 is 11.9. The molecule has 1 fully saturated rings. The molecule has 0 aromatic heterocycles. The second kappa shape index (κ2) is 12.1. The third kappa shape index (κ3) is 6.75. The van der Waals surface area contributed by atoms with E-state index in [-0.39, 0.29) is 28.0 Å². The molecule has 1 aliphatic heterocycles. The van der Waals surface area contributed by atoms with Gasteiger partial charge in [-0.3, -0.25) is 4.79 Å². The monoisotopic (exact) mass is 508 g/mol. The van der Waals surface area contributed by atoms with E-state index in [2.05, 4.69) is 23.2 Å². The minimum Gasteiger partial charge on any atom is -0.388 e. The molecule has 12 heteroatoms. The lowest BCUT2D eigenvalue weighted by Gasteiger charge is -2.42. The van der Waals surface area contributed by atoms with Crippen LogP contribution in [0.4, 0.5) is 0 Å². The highest BCUT2D eigenvalue weighted by Gasteiger charge is 2.46. The van der Waals surface area contributed by atoms with E-state index < -0.39 is 53.1 Å². The molecule has 1 saturated heterocycles. The summed E-state index contributed by atoms with van der Waals surface area (Å²) in [6.45, 7) is 6.70. The Balaban J connectivity index is 2.14. The Labute approximate surface area is 197 Å². The highest BCUT2D eigenvalue weighted by atomic mass is 35.5. The Morgan fingerprint density at radius 1 is 1.22 bits per heavy atom. The van der Waals surface area contributed by atoms with Gasteiger partial charge in [0, 0.05) is 13.0 Å². The van der Waals surface area contributed by atoms with Crippen molar-refractivity contribution in [3.05, 3.63) is 53.6 Å². The highest BCUT2D eigenvalue weighted by molar-refractivity contribution is 7.89. The van der Waals surface area contributed by atoms with Crippen LogP contribution in [-0.2, 0) is 24.3 Å². The maximum Gasteiger partial charge on any atom is 0.242 e. The molecule has 1 aromatic carbocycles. The number of nitrogens with one attached hydrogen (secondary N) is 2. The van der Waals surface area contributed by atoms with Crippen molar-refractivity contribution in [2.45, 2.75) is 48.4 Å². The average molecular weight is 509 g/mol. The lowest BCUT2D eigenvalue weighted by atomic mass is 9.96. The van der Waals surface area contributed by atoms with Crippen LogP contribution in [0.5, 0.6) is 0 Å². The Kier molecular flexibility index (Phi) is 10.1. The quantitative estimate of drug-likeness (QED) is 0.331. The second-order valence-electron chi connectivity index (χ2n) is 6.97. The van der Waals surface area contributed by atoms with Crippen LogP contribution < -0.4 is 10.0 Å². The van der Waals surface area contributed by atoms with Gasteiger partial charge in [-0.1, -0.05) is 41.4 Å². The van der Waals surface area contributed by atoms with E-state index in [0.717, 1.165) is 0 Å². The van der Waals surface area contributed by atoms with Gasteiger partial charge in [-0.2, -0.15) is 0 Å². The molecular weight excluding hydrogens is 483 g/mol. The van der Waals surface area contributed by atoms with E-state index in [0.29, 0.717) is 6.42 Å². The first-order chi connectivity index (χ1) is 15.1. The lowest BCUT2D eigenvalue weighted by molar-refractivity contribution is -0.259. The van der Waals surface area contributed by atoms with Crippen molar-refractivity contribution in [3.8, 4) is 0 Å². The van der Waals surface area contributed by atoms with E-state index in [9.17, 15) is 23.4 Å². The Morgan fingerprint density at radius 2 is 1.94 bits per heavy atom. The number of aliphatic hydroxyl groups is 2. The smallest absolute Gasteiger partial charge is 0.242 e. The number of carbonyl (C=O) groups is 1. The van der Waals surface area contributed by atoms with Gasteiger partial charge in [0.15, 0.2) is 6.29 Å². The first kappa shape index (κ1) is 26.7. The normalized spacial score (nSPS) is 25.8. The molecule has 0 spiro atoms. The summed E-state index contributed by atoms with van der Waals surface area (Å²) in [5.41, 5.74) is 0. The molecule has 1 aromatic rings. The van der Waals surface area contributed by atoms with E-state index in [1.54, 1.807) is 6.08 Å². The molecule has 1 unspecified atom stereocenters. The summed E-state index contributed by atoms with van der Waals surface area (Å²) in [5, 5.41) is 23.6. The fourth-order valence-corrected chi connectivity index (χ4v) is 4.82. The predicted octanol–water partition coefficient (Wildman–Crippen LogP) is 1.37. The molecule has 178 valence electrons. The van der Waals surface area contributed by atoms with Gasteiger partial charge in [0.1, 0.15) is 29.2 Å². The number of hydrogen-bond donors (Lipinski definition) is 4. The van der Waals surface area contributed by atoms with Crippen LogP contribution in [0.3, 0.4) is 0 Å². The highest BCUT2D eigenvalue weighted by Crippen LogP contribution is 2.29. The largest absolute Gasteiger partial charge is 0.388 e. The van der Waals surface area contributed by atoms with Crippen LogP contribution >= 0.6 is 23.2 Å². The Morgan fingerprint density at radius 3 is 2.59 bits per heavy atom. The Bertz CT molecular complexity index is 929. The SMILES string of the molecule is C=CCCC(=O)N[C@H]1C(OCC=C)O[C@H](CNS(=O)(=O)c2cccc(Cl)c2Cl)[C@@H](O)[C@@H]1O. The zero-order valence-electron chi connectivity index (χ0n) is 17.1. The minimum absolute atomic E-state index is 0.0308. The van der Waals surface area contributed by atoms with Gasteiger partial charge in [-0.25, -0.2) is 13.1 Å². The van der Waals surface area contributed by atoms with Crippen molar-refractivity contribution in [2.75, 3.05) is 13.2 Å². The molecule has 0 aliphatic carbocycles. The van der Waals surface area contributed by atoms with Crippen LogP contribution in [0.1, 0.15) is 12.8 Å². The molecule has 1 heterocycles. The average Bonchev–Trinajstić information content (AvgIpc) is 2.75. The number of carbonyl (C=O) groups excluding carboxylic acids is 1. The minimum atomic E-state index is -4.11. The van der Waals surface area contributed by atoms with Crippen molar-refractivity contribution >= 4 is 39.1 Å². The van der Waals surface area contributed by atoms with Gasteiger partial charge < -0.3 is 25.0 Å². The van der Waals surface area contributed by atoms with E-state index in [4.69, 9.17) is 32.7 Å². The van der Waals surface area contributed by atoms with Crippen LogP contribution in [-0.4, -0.2) is 68.3 Å². The fourth-order valence-electron chi connectivity index (χ4n) is 3.01. The molecule has 0 saturated carbocycles. The molecule has 5 atom stereocenters. The summed E-state index contributed by atoms with van der Waals surface area (Å²) in [6, 6.07) is 3.06. The van der Waals surface area contributed by atoms with Gasteiger partial charge in [0.25, 0.3) is 0 Å². The van der Waals surface area contributed by atoms with Crippen molar-refractivity contribution in [1.29, 1.82) is 0 Å². The van der Waals surface area contributed by atoms with Crippen molar-refractivity contribution in [3.63, 3.8) is 0 Å². The summed E-state index contributed by atoms with van der Waals surface area (Å²) in [6.07, 6.45) is -1.81. The van der Waals surface area contributed by atoms with E-state index in [1.165, 1.54) is 24.3 Å². The summed E-state index contributed by atoms with van der Waals surface area (Å²) in [7, 11) is -4.11. The number of benzene rings is 1. The maximum absolute atomic E-state index is 12.6. The maximum atomic E-state index is 12.6. The van der Waals surface area contributed by atoms with Crippen LogP contribution in [0.15, 0.2) is 48.4 Å². The molecule has 0 bridgehead atoms. The van der Waals surface area contributed by atoms with Gasteiger partial charge in [-0.15, -0.1) is 13.2 Å². The van der Waals surface area contributed by atoms with Crippen molar-refractivity contribution in [2.24, 2.45) is 0 Å². The van der Waals surface area contributed by atoms with Gasteiger partial charge in [0.2, 0.25) is 15.9 Å². The standard InChI is InChI=1S/C20H26Cl2N2O7S/c1-3-5-9-15(25)24-17-19(27)18(26)13(31-20(17)30-10-4-2)11-23-32(28,29)14-8-6-7-12(21)16(14)22/h3-4,6-8,13,17-20,23,26-27H,1-2,5,9-11H2,(H,24,25)/t13-,17-,18-,19-,20?/m1/s1. The van der Waals surface area contributed by atoms with Crippen LogP contribution in [0.25, 0.3) is 0 Å². The van der Waals surface area contributed by atoms with Crippen molar-refractivity contribution in [1.82, 2.24) is 10.0 Å². The number of amides is 1. The molecular formula is C20H26Cl2N2O7S. The summed E-state index contributed by atoms with van der Waals surface area (Å²) in [5.74, 6) is -0.397. The predicted molar refractivity (Wildman–Crippen MR) is 120 cm³/mol. The number of rotatable bonds is 11. The first-order valence-corrected chi connectivity index (χ1v) is 11.9. The number of sulfonamides is 1. The summed E-state index contributed by atoms with van der Waals surface area (Å²) in [4.78, 5) is 11.9. The molecule has 0 radical (unpaired) electrons. The number of halogens is 2. The number of ether oxygens (including phenoxy) is 2. The molecule has 4 N–H and O–H groups in total. The number of aliphatic hydroxyl groups excluding tert-OH is 2. The molecule has 1 amide bonds. The van der Waals surface area contributed by atoms with E-state index in [1.807, 2.05) is 0 Å². The van der Waals surface area contributed by atoms with E-state index >= 15 is 0 Å². The molecule has 2 rings (SSSR count). The molecule has 9 nitrogen and oxygen atoms in total. The zero-order valence-corrected chi connectivity index (χ0v) is 19.4.